The molecule has 0 spiro atoms. The van der Waals surface area contributed by atoms with Crippen molar-refractivity contribution in [3.63, 3.8) is 0 Å². The molecule has 0 aliphatic carbocycles. The molecule has 1 unspecified atom stereocenters. The molecule has 114 valence electrons. The Morgan fingerprint density at radius 1 is 1.05 bits per heavy atom. The lowest BCUT2D eigenvalue weighted by atomic mass is 9.90. The SMILES string of the molecule is Cc1csc(C(Br)c2ccc(C(C)C)cc2C(C)C)c1Cl. The van der Waals surface area contributed by atoms with Crippen LogP contribution in [-0.2, 0) is 0 Å². The molecule has 1 aromatic carbocycles. The van der Waals surface area contributed by atoms with E-state index in [0.717, 1.165) is 10.6 Å². The molecule has 0 saturated carbocycles. The summed E-state index contributed by atoms with van der Waals surface area (Å²) >= 11 is 12.0. The first-order valence-electron chi connectivity index (χ1n) is 7.34. The third kappa shape index (κ3) is 3.55. The number of thiophene rings is 1. The van der Waals surface area contributed by atoms with Gasteiger partial charge in [0.1, 0.15) is 0 Å². The lowest BCUT2D eigenvalue weighted by Crippen LogP contribution is -2.02. The van der Waals surface area contributed by atoms with Crippen molar-refractivity contribution in [2.24, 2.45) is 0 Å². The zero-order valence-corrected chi connectivity index (χ0v) is 16.4. The maximum atomic E-state index is 6.45. The van der Waals surface area contributed by atoms with Crippen LogP contribution in [0.4, 0.5) is 0 Å². The summed E-state index contributed by atoms with van der Waals surface area (Å²) in [7, 11) is 0. The number of rotatable bonds is 4. The zero-order valence-electron chi connectivity index (χ0n) is 13.2. The number of hydrogen-bond donors (Lipinski definition) is 0. The van der Waals surface area contributed by atoms with Crippen LogP contribution in [0.2, 0.25) is 5.02 Å². The minimum Gasteiger partial charge on any atom is -0.145 e. The molecular formula is C18H22BrClS. The molecule has 3 heteroatoms. The monoisotopic (exact) mass is 384 g/mol. The van der Waals surface area contributed by atoms with Crippen molar-refractivity contribution >= 4 is 38.9 Å². The van der Waals surface area contributed by atoms with E-state index >= 15 is 0 Å². The molecule has 1 heterocycles. The van der Waals surface area contributed by atoms with Crippen LogP contribution in [0.25, 0.3) is 0 Å². The molecule has 0 aliphatic rings. The maximum absolute atomic E-state index is 6.45. The highest BCUT2D eigenvalue weighted by molar-refractivity contribution is 9.09. The molecule has 0 N–H and O–H groups in total. The quantitative estimate of drug-likeness (QED) is 0.480. The third-order valence-corrected chi connectivity index (χ3v) is 6.86. The Balaban J connectivity index is 2.50. The largest absolute Gasteiger partial charge is 0.145 e. The number of hydrogen-bond acceptors (Lipinski definition) is 1. The van der Waals surface area contributed by atoms with Gasteiger partial charge in [-0.15, -0.1) is 11.3 Å². The third-order valence-electron chi connectivity index (χ3n) is 3.83. The van der Waals surface area contributed by atoms with Crippen LogP contribution < -0.4 is 0 Å². The van der Waals surface area contributed by atoms with Gasteiger partial charge in [-0.05, 0) is 46.4 Å². The van der Waals surface area contributed by atoms with E-state index in [1.165, 1.54) is 21.6 Å². The van der Waals surface area contributed by atoms with Gasteiger partial charge in [-0.1, -0.05) is 73.4 Å². The molecule has 0 aliphatic heterocycles. The number of benzene rings is 1. The average molecular weight is 386 g/mol. The number of halogens is 2. The lowest BCUT2D eigenvalue weighted by Gasteiger charge is -2.20. The van der Waals surface area contributed by atoms with Crippen molar-refractivity contribution in [2.45, 2.75) is 51.3 Å². The Kier molecular flexibility index (Phi) is 5.56. The van der Waals surface area contributed by atoms with E-state index in [-0.39, 0.29) is 4.83 Å². The van der Waals surface area contributed by atoms with Crippen LogP contribution in [0.1, 0.15) is 71.5 Å². The summed E-state index contributed by atoms with van der Waals surface area (Å²) < 4.78 is 0. The summed E-state index contributed by atoms with van der Waals surface area (Å²) in [6, 6.07) is 6.86. The van der Waals surface area contributed by atoms with Crippen molar-refractivity contribution in [1.29, 1.82) is 0 Å². The zero-order chi connectivity index (χ0) is 15.7. The van der Waals surface area contributed by atoms with Gasteiger partial charge in [0.2, 0.25) is 0 Å². The molecule has 0 saturated heterocycles. The summed E-state index contributed by atoms with van der Waals surface area (Å²) in [5.74, 6) is 1.05. The molecular weight excluding hydrogens is 364 g/mol. The maximum Gasteiger partial charge on any atom is 0.0755 e. The Morgan fingerprint density at radius 2 is 1.71 bits per heavy atom. The second-order valence-electron chi connectivity index (χ2n) is 6.16. The molecule has 0 fully saturated rings. The first-order chi connectivity index (χ1) is 9.82. The van der Waals surface area contributed by atoms with Gasteiger partial charge >= 0.3 is 0 Å². The molecule has 2 aromatic rings. The van der Waals surface area contributed by atoms with Crippen molar-refractivity contribution in [3.8, 4) is 0 Å². The van der Waals surface area contributed by atoms with E-state index < -0.39 is 0 Å². The minimum absolute atomic E-state index is 0.169. The summed E-state index contributed by atoms with van der Waals surface area (Å²) in [6.07, 6.45) is 0. The van der Waals surface area contributed by atoms with E-state index in [1.807, 2.05) is 0 Å². The van der Waals surface area contributed by atoms with Gasteiger partial charge in [-0.3, -0.25) is 0 Å². The van der Waals surface area contributed by atoms with Crippen LogP contribution in [0.5, 0.6) is 0 Å². The van der Waals surface area contributed by atoms with Gasteiger partial charge in [0.15, 0.2) is 0 Å². The number of alkyl halides is 1. The van der Waals surface area contributed by atoms with Crippen LogP contribution >= 0.6 is 38.9 Å². The minimum atomic E-state index is 0.169. The van der Waals surface area contributed by atoms with Crippen molar-refractivity contribution in [1.82, 2.24) is 0 Å². The first kappa shape index (κ1) is 17.1. The van der Waals surface area contributed by atoms with Crippen LogP contribution in [-0.4, -0.2) is 0 Å². The van der Waals surface area contributed by atoms with E-state index in [1.54, 1.807) is 11.3 Å². The van der Waals surface area contributed by atoms with Gasteiger partial charge < -0.3 is 0 Å². The normalized spacial score (nSPS) is 13.2. The van der Waals surface area contributed by atoms with Crippen LogP contribution in [0.15, 0.2) is 23.6 Å². The molecule has 0 bridgehead atoms. The van der Waals surface area contributed by atoms with Crippen molar-refractivity contribution in [2.75, 3.05) is 0 Å². The summed E-state index contributed by atoms with van der Waals surface area (Å²) in [5, 5.41) is 3.02. The van der Waals surface area contributed by atoms with Crippen LogP contribution in [0, 0.1) is 6.92 Å². The van der Waals surface area contributed by atoms with Gasteiger partial charge in [0.05, 0.1) is 9.85 Å². The highest BCUT2D eigenvalue weighted by atomic mass is 79.9. The molecule has 21 heavy (non-hydrogen) atoms. The summed E-state index contributed by atoms with van der Waals surface area (Å²) in [6.45, 7) is 11.1. The molecule has 1 atom stereocenters. The smallest absolute Gasteiger partial charge is 0.0755 e. The second kappa shape index (κ2) is 6.85. The predicted molar refractivity (Wildman–Crippen MR) is 99.5 cm³/mol. The van der Waals surface area contributed by atoms with Gasteiger partial charge in [-0.25, -0.2) is 0 Å². The summed E-state index contributed by atoms with van der Waals surface area (Å²) in [5.41, 5.74) is 5.30. The van der Waals surface area contributed by atoms with Crippen molar-refractivity contribution < 1.29 is 0 Å². The Bertz CT molecular complexity index is 628. The molecule has 1 aromatic heterocycles. The standard InChI is InChI=1S/C18H22BrClS/c1-10(2)13-6-7-14(15(8-13)11(3)4)16(19)18-17(20)12(5)9-21-18/h6-11,16H,1-5H3. The second-order valence-corrected chi connectivity index (χ2v) is 8.36. The predicted octanol–water partition coefficient (Wildman–Crippen LogP) is 7.44. The van der Waals surface area contributed by atoms with E-state index in [2.05, 4.69) is 74.1 Å². The van der Waals surface area contributed by atoms with Gasteiger partial charge in [-0.2, -0.15) is 0 Å². The fourth-order valence-electron chi connectivity index (χ4n) is 2.45. The van der Waals surface area contributed by atoms with E-state index in [4.69, 9.17) is 11.6 Å². The van der Waals surface area contributed by atoms with Crippen molar-refractivity contribution in [3.05, 3.63) is 55.7 Å². The van der Waals surface area contributed by atoms with Gasteiger partial charge in [0.25, 0.3) is 0 Å². The first-order valence-corrected chi connectivity index (χ1v) is 9.51. The molecule has 0 amide bonds. The van der Waals surface area contributed by atoms with Gasteiger partial charge in [0, 0.05) is 4.88 Å². The molecule has 0 radical (unpaired) electrons. The number of aryl methyl sites for hydroxylation is 1. The average Bonchev–Trinajstić information content (AvgIpc) is 2.77. The molecule has 0 nitrogen and oxygen atoms in total. The topological polar surface area (TPSA) is 0 Å². The fraction of sp³-hybridized carbons (Fsp3) is 0.444. The molecule has 2 rings (SSSR count). The van der Waals surface area contributed by atoms with Crippen LogP contribution in [0.3, 0.4) is 0 Å². The lowest BCUT2D eigenvalue weighted by molar-refractivity contribution is 0.821. The summed E-state index contributed by atoms with van der Waals surface area (Å²) in [4.78, 5) is 1.37. The fourth-order valence-corrected chi connectivity index (χ4v) is 4.84. The Morgan fingerprint density at radius 3 is 2.19 bits per heavy atom. The Hall–Kier alpha value is -0.310. The van der Waals surface area contributed by atoms with E-state index in [0.29, 0.717) is 11.8 Å². The highest BCUT2D eigenvalue weighted by Crippen LogP contribution is 2.43. The van der Waals surface area contributed by atoms with E-state index in [9.17, 15) is 0 Å². The highest BCUT2D eigenvalue weighted by Gasteiger charge is 2.21. The Labute approximate surface area is 145 Å².